The maximum atomic E-state index is 12.3. The molecule has 8 nitrogen and oxygen atoms in total. The van der Waals surface area contributed by atoms with E-state index in [0.717, 1.165) is 4.57 Å². The summed E-state index contributed by atoms with van der Waals surface area (Å²) in [6.07, 6.45) is 0.0264. The molecule has 162 valence electrons. The summed E-state index contributed by atoms with van der Waals surface area (Å²) < 4.78 is 11.9. The van der Waals surface area contributed by atoms with Gasteiger partial charge in [-0.2, -0.15) is 0 Å². The zero-order chi connectivity index (χ0) is 23.2. The van der Waals surface area contributed by atoms with Gasteiger partial charge in [-0.25, -0.2) is 9.59 Å². The average molecular weight is 433 g/mol. The van der Waals surface area contributed by atoms with E-state index in [0.29, 0.717) is 33.0 Å². The van der Waals surface area contributed by atoms with Crippen LogP contribution in [-0.4, -0.2) is 27.5 Å². The molecule has 8 heteroatoms. The van der Waals surface area contributed by atoms with E-state index in [1.54, 1.807) is 43.3 Å². The molecule has 0 aliphatic rings. The van der Waals surface area contributed by atoms with Gasteiger partial charge in [0, 0.05) is 42.7 Å². The SMILES string of the molecule is CC(=O)Oc1cc2c(C)cc(=O)oc2cc1Cc1c(C(=O)O)n(C(C)=O)c2ccccc12. The number of benzene rings is 2. The van der Waals surface area contributed by atoms with Crippen LogP contribution in [0, 0.1) is 6.92 Å². The van der Waals surface area contributed by atoms with Crippen LogP contribution in [0.1, 0.15) is 45.8 Å². The molecule has 0 aliphatic carbocycles. The highest BCUT2D eigenvalue weighted by Gasteiger charge is 2.25. The van der Waals surface area contributed by atoms with Crippen molar-refractivity contribution in [3.05, 3.63) is 75.3 Å². The number of hydrogen-bond donors (Lipinski definition) is 1. The minimum atomic E-state index is -1.26. The molecule has 0 fully saturated rings. The predicted molar refractivity (Wildman–Crippen MR) is 117 cm³/mol. The van der Waals surface area contributed by atoms with E-state index in [4.69, 9.17) is 9.15 Å². The van der Waals surface area contributed by atoms with Crippen molar-refractivity contribution in [3.8, 4) is 5.75 Å². The molecule has 4 rings (SSSR count). The number of fused-ring (bicyclic) bond motifs is 2. The van der Waals surface area contributed by atoms with Crippen molar-refractivity contribution in [1.29, 1.82) is 0 Å². The van der Waals surface area contributed by atoms with Gasteiger partial charge in [-0.1, -0.05) is 18.2 Å². The Morgan fingerprint density at radius 2 is 1.78 bits per heavy atom. The van der Waals surface area contributed by atoms with Gasteiger partial charge in [0.1, 0.15) is 17.0 Å². The number of ether oxygens (including phenoxy) is 1. The van der Waals surface area contributed by atoms with E-state index in [9.17, 15) is 24.3 Å². The summed E-state index contributed by atoms with van der Waals surface area (Å²) in [5.74, 6) is -2.03. The van der Waals surface area contributed by atoms with Gasteiger partial charge in [0.2, 0.25) is 5.91 Å². The molecule has 1 N–H and O–H groups in total. The number of rotatable bonds is 4. The number of aromatic nitrogens is 1. The van der Waals surface area contributed by atoms with Crippen molar-refractivity contribution < 1.29 is 28.6 Å². The minimum Gasteiger partial charge on any atom is -0.477 e. The third-order valence-electron chi connectivity index (χ3n) is 5.25. The van der Waals surface area contributed by atoms with E-state index >= 15 is 0 Å². The van der Waals surface area contributed by atoms with E-state index in [-0.39, 0.29) is 23.4 Å². The maximum Gasteiger partial charge on any atom is 0.353 e. The molecule has 0 saturated heterocycles. The number of carbonyl (C=O) groups is 3. The van der Waals surface area contributed by atoms with Crippen molar-refractivity contribution in [2.75, 3.05) is 0 Å². The third-order valence-corrected chi connectivity index (χ3v) is 5.25. The van der Waals surface area contributed by atoms with Crippen LogP contribution >= 0.6 is 0 Å². The van der Waals surface area contributed by atoms with Gasteiger partial charge in [0.25, 0.3) is 0 Å². The summed E-state index contributed by atoms with van der Waals surface area (Å²) in [4.78, 5) is 48.0. The molecule has 0 radical (unpaired) electrons. The van der Waals surface area contributed by atoms with Crippen molar-refractivity contribution in [3.63, 3.8) is 0 Å². The lowest BCUT2D eigenvalue weighted by Gasteiger charge is -2.12. The van der Waals surface area contributed by atoms with Crippen LogP contribution in [0.2, 0.25) is 0 Å². The van der Waals surface area contributed by atoms with Crippen molar-refractivity contribution in [2.24, 2.45) is 0 Å². The fraction of sp³-hybridized carbons (Fsp3) is 0.167. The molecule has 0 unspecified atom stereocenters. The molecular weight excluding hydrogens is 414 g/mol. The lowest BCUT2D eigenvalue weighted by molar-refractivity contribution is -0.131. The first-order chi connectivity index (χ1) is 15.2. The predicted octanol–water partition coefficient (Wildman–Crippen LogP) is 3.93. The Hall–Kier alpha value is -4.20. The number of nitrogens with zero attached hydrogens (tertiary/aromatic N) is 1. The van der Waals surface area contributed by atoms with Gasteiger partial charge in [-0.15, -0.1) is 0 Å². The molecule has 0 atom stereocenters. The second kappa shape index (κ2) is 7.81. The standard InChI is InChI=1S/C24H19NO7/c1-12-8-22(28)32-21-10-15(20(11-17(12)21)31-14(3)27)9-18-16-6-4-5-7-19(16)25(13(2)26)23(18)24(29)30/h4-8,10-11H,9H2,1-3H3,(H,29,30). The highest BCUT2D eigenvalue weighted by Crippen LogP contribution is 2.34. The van der Waals surface area contributed by atoms with E-state index in [1.165, 1.54) is 19.9 Å². The molecular formula is C24H19NO7. The smallest absolute Gasteiger partial charge is 0.353 e. The van der Waals surface area contributed by atoms with Gasteiger partial charge < -0.3 is 14.3 Å². The zero-order valence-electron chi connectivity index (χ0n) is 17.6. The molecule has 2 heterocycles. The molecule has 2 aromatic heterocycles. The summed E-state index contributed by atoms with van der Waals surface area (Å²) in [5, 5.41) is 11.1. The van der Waals surface area contributed by atoms with E-state index < -0.39 is 23.5 Å². The average Bonchev–Trinajstić information content (AvgIpc) is 3.03. The van der Waals surface area contributed by atoms with Gasteiger partial charge in [0.15, 0.2) is 0 Å². The van der Waals surface area contributed by atoms with Gasteiger partial charge in [0.05, 0.1) is 5.52 Å². The number of carboxylic acid groups (broad SMARTS) is 1. The fourth-order valence-electron chi connectivity index (χ4n) is 4.00. The summed E-state index contributed by atoms with van der Waals surface area (Å²) in [6, 6.07) is 11.4. The highest BCUT2D eigenvalue weighted by molar-refractivity contribution is 6.05. The Morgan fingerprint density at radius 3 is 2.44 bits per heavy atom. The highest BCUT2D eigenvalue weighted by atomic mass is 16.5. The normalized spacial score (nSPS) is 11.1. The lowest BCUT2D eigenvalue weighted by Crippen LogP contribution is -2.15. The second-order valence-corrected chi connectivity index (χ2v) is 7.48. The van der Waals surface area contributed by atoms with Crippen LogP contribution in [0.5, 0.6) is 5.75 Å². The fourth-order valence-corrected chi connectivity index (χ4v) is 4.00. The van der Waals surface area contributed by atoms with Crippen LogP contribution in [0.25, 0.3) is 21.9 Å². The first-order valence-electron chi connectivity index (χ1n) is 9.79. The Kier molecular flexibility index (Phi) is 5.14. The van der Waals surface area contributed by atoms with Crippen LogP contribution in [0.4, 0.5) is 0 Å². The van der Waals surface area contributed by atoms with Crippen LogP contribution in [0.15, 0.2) is 51.7 Å². The molecule has 0 aliphatic heterocycles. The summed E-state index contributed by atoms with van der Waals surface area (Å²) >= 11 is 0. The quantitative estimate of drug-likeness (QED) is 0.294. The van der Waals surface area contributed by atoms with E-state index in [1.807, 2.05) is 0 Å². The van der Waals surface area contributed by atoms with Crippen molar-refractivity contribution in [2.45, 2.75) is 27.2 Å². The number of aromatic carboxylic acids is 1. The van der Waals surface area contributed by atoms with Crippen LogP contribution < -0.4 is 10.4 Å². The Balaban J connectivity index is 2.02. The van der Waals surface area contributed by atoms with Crippen LogP contribution in [-0.2, 0) is 11.2 Å². The minimum absolute atomic E-state index is 0.0264. The molecule has 0 amide bonds. The molecule has 2 aromatic carbocycles. The zero-order valence-corrected chi connectivity index (χ0v) is 17.6. The van der Waals surface area contributed by atoms with Gasteiger partial charge in [-0.3, -0.25) is 14.2 Å². The summed E-state index contributed by atoms with van der Waals surface area (Å²) in [6.45, 7) is 4.29. The second-order valence-electron chi connectivity index (χ2n) is 7.48. The number of carboxylic acids is 1. The topological polar surface area (TPSA) is 116 Å². The largest absolute Gasteiger partial charge is 0.477 e. The maximum absolute atomic E-state index is 12.3. The van der Waals surface area contributed by atoms with Gasteiger partial charge >= 0.3 is 17.6 Å². The number of carbonyl (C=O) groups excluding carboxylic acids is 2. The van der Waals surface area contributed by atoms with Gasteiger partial charge in [-0.05, 0) is 36.2 Å². The third kappa shape index (κ3) is 3.56. The number of hydrogen-bond acceptors (Lipinski definition) is 6. The van der Waals surface area contributed by atoms with E-state index in [2.05, 4.69) is 0 Å². The van der Waals surface area contributed by atoms with Crippen molar-refractivity contribution >= 4 is 39.7 Å². The molecule has 0 spiro atoms. The molecule has 0 bridgehead atoms. The summed E-state index contributed by atoms with van der Waals surface area (Å²) in [7, 11) is 0. The first kappa shape index (κ1) is 21.0. The van der Waals surface area contributed by atoms with Crippen molar-refractivity contribution in [1.82, 2.24) is 4.57 Å². The molecule has 32 heavy (non-hydrogen) atoms. The number of esters is 1. The molecule has 0 saturated carbocycles. The Labute approximate surface area is 181 Å². The van der Waals surface area contributed by atoms with Crippen LogP contribution in [0.3, 0.4) is 0 Å². The number of para-hydroxylation sites is 1. The Bertz CT molecular complexity index is 1490. The first-order valence-corrected chi connectivity index (χ1v) is 9.79. The lowest BCUT2D eigenvalue weighted by atomic mass is 9.98. The summed E-state index contributed by atoms with van der Waals surface area (Å²) in [5.41, 5.74) is 1.52. The number of aryl methyl sites for hydroxylation is 1. The monoisotopic (exact) mass is 433 g/mol. The Morgan fingerprint density at radius 1 is 1.06 bits per heavy atom. The molecule has 4 aromatic rings.